The highest BCUT2D eigenvalue weighted by Crippen LogP contribution is 2.23. The fourth-order valence-corrected chi connectivity index (χ4v) is 3.66. The lowest BCUT2D eigenvalue weighted by molar-refractivity contribution is -0.129. The van der Waals surface area contributed by atoms with Crippen LogP contribution in [-0.4, -0.2) is 62.7 Å². The van der Waals surface area contributed by atoms with Gasteiger partial charge in [0, 0.05) is 46.8 Å². The Morgan fingerprint density at radius 1 is 1.27 bits per heavy atom. The molecule has 164 valence electrons. The van der Waals surface area contributed by atoms with Crippen LogP contribution in [0, 0.1) is 0 Å². The van der Waals surface area contributed by atoms with Crippen LogP contribution in [0.1, 0.15) is 26.7 Å². The van der Waals surface area contributed by atoms with Crippen LogP contribution in [0.5, 0.6) is 0 Å². The molecule has 10 nitrogen and oxygen atoms in total. The lowest BCUT2D eigenvalue weighted by Gasteiger charge is -2.31. The average Bonchev–Trinajstić information content (AvgIpc) is 3.07. The van der Waals surface area contributed by atoms with Gasteiger partial charge >= 0.3 is 5.69 Å². The van der Waals surface area contributed by atoms with Crippen LogP contribution in [0.25, 0.3) is 11.2 Å². The molecule has 10 heteroatoms. The molecule has 0 aliphatic carbocycles. The Bertz CT molecular complexity index is 1100. The molecule has 30 heavy (non-hydrogen) atoms. The van der Waals surface area contributed by atoms with E-state index in [-0.39, 0.29) is 18.5 Å². The number of nitrogens with two attached hydrogens (primary N) is 1. The van der Waals surface area contributed by atoms with Gasteiger partial charge in [-0.1, -0.05) is 11.6 Å². The molecule has 0 saturated carbocycles. The number of rotatable bonds is 5. The Hall–Kier alpha value is -2.88. The summed E-state index contributed by atoms with van der Waals surface area (Å²) in [5.41, 5.74) is 6.83. The second kappa shape index (κ2) is 8.47. The first-order valence-electron chi connectivity index (χ1n) is 10.2. The molecule has 1 fully saturated rings. The molecule has 2 aromatic rings. The van der Waals surface area contributed by atoms with Crippen molar-refractivity contribution < 1.29 is 4.79 Å². The van der Waals surface area contributed by atoms with Gasteiger partial charge in [0.15, 0.2) is 11.2 Å². The summed E-state index contributed by atoms with van der Waals surface area (Å²) in [5.74, 6) is 0.299. The monoisotopic (exact) mass is 417 g/mol. The topological polar surface area (TPSA) is 111 Å². The Kier molecular flexibility index (Phi) is 6.16. The third-order valence-electron chi connectivity index (χ3n) is 5.43. The molecule has 3 rings (SSSR count). The predicted octanol–water partition coefficient (Wildman–Crippen LogP) is -0.121. The highest BCUT2D eigenvalue weighted by Gasteiger charge is 2.26. The van der Waals surface area contributed by atoms with E-state index in [4.69, 9.17) is 5.73 Å². The third-order valence-corrected chi connectivity index (χ3v) is 5.43. The minimum absolute atomic E-state index is 0.0358. The molecular weight excluding hydrogens is 386 g/mol. The molecule has 0 aromatic carbocycles. The lowest BCUT2D eigenvalue weighted by Crippen LogP contribution is -2.44. The first-order chi connectivity index (χ1) is 14.1. The van der Waals surface area contributed by atoms with Gasteiger partial charge in [-0.25, -0.2) is 9.36 Å². The summed E-state index contributed by atoms with van der Waals surface area (Å²) in [7, 11) is 4.75. The van der Waals surface area contributed by atoms with Crippen molar-refractivity contribution >= 4 is 23.0 Å². The number of carbonyl (C=O) groups is 1. The van der Waals surface area contributed by atoms with E-state index in [1.54, 1.807) is 21.1 Å². The summed E-state index contributed by atoms with van der Waals surface area (Å²) in [6.07, 6.45) is 3.89. The van der Waals surface area contributed by atoms with Crippen LogP contribution in [-0.2, 0) is 24.9 Å². The van der Waals surface area contributed by atoms with Crippen molar-refractivity contribution in [3.8, 4) is 0 Å². The highest BCUT2D eigenvalue weighted by atomic mass is 16.2. The number of amides is 1. The molecule has 1 amide bonds. The molecule has 1 aliphatic heterocycles. The fraction of sp³-hybridized carbons (Fsp3) is 0.600. The average molecular weight is 418 g/mol. The summed E-state index contributed by atoms with van der Waals surface area (Å²) in [5, 5.41) is 0. The molecule has 0 spiro atoms. The number of likely N-dealkylation sites (N-methyl/N-ethyl adjacent to an activating group) is 1. The fourth-order valence-electron chi connectivity index (χ4n) is 3.66. The Morgan fingerprint density at radius 2 is 1.97 bits per heavy atom. The van der Waals surface area contributed by atoms with E-state index in [0.29, 0.717) is 30.2 Å². The normalized spacial score (nSPS) is 16.7. The molecule has 1 unspecified atom stereocenters. The van der Waals surface area contributed by atoms with Crippen LogP contribution < -0.4 is 21.9 Å². The first-order valence-corrected chi connectivity index (χ1v) is 10.2. The summed E-state index contributed by atoms with van der Waals surface area (Å²) < 4.78 is 4.15. The smallest absolute Gasteiger partial charge is 0.332 e. The Balaban J connectivity index is 2.26. The van der Waals surface area contributed by atoms with Gasteiger partial charge in [0.1, 0.15) is 6.54 Å². The number of allylic oxidation sites excluding steroid dienone is 2. The largest absolute Gasteiger partial charge is 0.347 e. The minimum Gasteiger partial charge on any atom is -0.347 e. The Morgan fingerprint density at radius 3 is 2.57 bits per heavy atom. The van der Waals surface area contributed by atoms with Gasteiger partial charge in [-0.05, 0) is 26.7 Å². The second-order valence-corrected chi connectivity index (χ2v) is 8.35. The molecule has 3 heterocycles. The van der Waals surface area contributed by atoms with E-state index in [2.05, 4.69) is 9.88 Å². The van der Waals surface area contributed by atoms with E-state index in [1.807, 2.05) is 24.5 Å². The first kappa shape index (κ1) is 21.8. The molecule has 1 atom stereocenters. The van der Waals surface area contributed by atoms with Crippen molar-refractivity contribution in [3.05, 3.63) is 32.5 Å². The molecule has 1 saturated heterocycles. The maximum absolute atomic E-state index is 13.3. The number of aromatic nitrogens is 4. The SMILES string of the molecule is CC(C)=CCn1c(N2CCCC(N)C2)nc2c1c(=O)n(CC(=O)N(C)C)c(=O)n2C. The molecule has 2 N–H and O–H groups in total. The number of hydrogen-bond acceptors (Lipinski definition) is 6. The summed E-state index contributed by atoms with van der Waals surface area (Å²) >= 11 is 0. The second-order valence-electron chi connectivity index (χ2n) is 8.35. The van der Waals surface area contributed by atoms with Crippen LogP contribution in [0.4, 0.5) is 5.95 Å². The van der Waals surface area contributed by atoms with Crippen LogP contribution >= 0.6 is 0 Å². The number of carbonyl (C=O) groups excluding carboxylic acids is 1. The summed E-state index contributed by atoms with van der Waals surface area (Å²) in [6.45, 7) is 5.52. The number of aryl methyl sites for hydroxylation is 1. The van der Waals surface area contributed by atoms with Crippen LogP contribution in [0.15, 0.2) is 21.2 Å². The number of hydrogen-bond donors (Lipinski definition) is 1. The minimum atomic E-state index is -0.559. The zero-order chi connectivity index (χ0) is 22.2. The van der Waals surface area contributed by atoms with Gasteiger partial charge in [0.2, 0.25) is 11.9 Å². The number of fused-ring (bicyclic) bond motifs is 1. The molecule has 1 aliphatic rings. The number of anilines is 1. The molecule has 0 radical (unpaired) electrons. The van der Waals surface area contributed by atoms with E-state index >= 15 is 0 Å². The maximum atomic E-state index is 13.3. The number of nitrogens with zero attached hydrogens (tertiary/aromatic N) is 6. The van der Waals surface area contributed by atoms with Gasteiger partial charge in [0.05, 0.1) is 0 Å². The van der Waals surface area contributed by atoms with Gasteiger partial charge in [-0.2, -0.15) is 4.98 Å². The van der Waals surface area contributed by atoms with Gasteiger partial charge in [-0.15, -0.1) is 0 Å². The molecule has 0 bridgehead atoms. The number of piperidine rings is 1. The van der Waals surface area contributed by atoms with Crippen LogP contribution in [0.3, 0.4) is 0 Å². The van der Waals surface area contributed by atoms with Crippen molar-refractivity contribution in [1.82, 2.24) is 23.6 Å². The predicted molar refractivity (Wildman–Crippen MR) is 117 cm³/mol. The third kappa shape index (κ3) is 4.04. The zero-order valence-corrected chi connectivity index (χ0v) is 18.4. The Labute approximate surface area is 175 Å². The van der Waals surface area contributed by atoms with Crippen molar-refractivity contribution in [1.29, 1.82) is 0 Å². The lowest BCUT2D eigenvalue weighted by atomic mass is 10.1. The molecule has 2 aromatic heterocycles. The van der Waals surface area contributed by atoms with E-state index in [0.717, 1.165) is 29.5 Å². The van der Waals surface area contributed by atoms with E-state index in [1.165, 1.54) is 9.47 Å². The van der Waals surface area contributed by atoms with E-state index < -0.39 is 11.2 Å². The van der Waals surface area contributed by atoms with Crippen molar-refractivity contribution in [2.45, 2.75) is 45.8 Å². The van der Waals surface area contributed by atoms with Crippen molar-refractivity contribution in [2.75, 3.05) is 32.1 Å². The van der Waals surface area contributed by atoms with Crippen LogP contribution in [0.2, 0.25) is 0 Å². The molecular formula is C20H31N7O3. The summed E-state index contributed by atoms with van der Waals surface area (Å²) in [4.78, 5) is 46.5. The van der Waals surface area contributed by atoms with Gasteiger partial charge in [0.25, 0.3) is 5.56 Å². The zero-order valence-electron chi connectivity index (χ0n) is 18.4. The summed E-state index contributed by atoms with van der Waals surface area (Å²) in [6, 6.07) is 0.0358. The van der Waals surface area contributed by atoms with E-state index in [9.17, 15) is 14.4 Å². The number of imidazole rings is 1. The van der Waals surface area contributed by atoms with Gasteiger partial charge in [-0.3, -0.25) is 14.2 Å². The standard InChI is InChI=1S/C20H31N7O3/c1-13(2)8-10-26-16-17(22-19(26)25-9-6-7-14(21)11-25)24(5)20(30)27(18(16)29)12-15(28)23(3)4/h8,14H,6-7,9-12,21H2,1-5H3. The van der Waals surface area contributed by atoms with Gasteiger partial charge < -0.3 is 20.1 Å². The van der Waals surface area contributed by atoms with Crippen molar-refractivity contribution in [3.63, 3.8) is 0 Å². The highest BCUT2D eigenvalue weighted by molar-refractivity contribution is 5.77. The van der Waals surface area contributed by atoms with Crippen molar-refractivity contribution in [2.24, 2.45) is 12.8 Å². The maximum Gasteiger partial charge on any atom is 0.332 e. The quantitative estimate of drug-likeness (QED) is 0.679.